The van der Waals surface area contributed by atoms with Crippen LogP contribution in [0, 0.1) is 0 Å². The fourth-order valence-electron chi connectivity index (χ4n) is 4.06. The van der Waals surface area contributed by atoms with Gasteiger partial charge in [0.05, 0.1) is 18.7 Å². The Balaban J connectivity index is 1.76. The number of para-hydroxylation sites is 1. The number of fused-ring (bicyclic) bond motifs is 1. The van der Waals surface area contributed by atoms with Gasteiger partial charge in [-0.15, -0.1) is 0 Å². The molecule has 2 heterocycles. The summed E-state index contributed by atoms with van der Waals surface area (Å²) < 4.78 is 11.1. The summed E-state index contributed by atoms with van der Waals surface area (Å²) in [5.74, 6) is -0.909. The molecule has 32 heavy (non-hydrogen) atoms. The summed E-state index contributed by atoms with van der Waals surface area (Å²) in [5, 5.41) is 11.6. The maximum Gasteiger partial charge on any atom is 0.290 e. The van der Waals surface area contributed by atoms with E-state index in [0.717, 1.165) is 11.9 Å². The third-order valence-corrected chi connectivity index (χ3v) is 5.61. The topological polar surface area (TPSA) is 83.2 Å². The Morgan fingerprint density at radius 1 is 1.16 bits per heavy atom. The molecular weight excluding hydrogens is 408 g/mol. The van der Waals surface area contributed by atoms with Crippen molar-refractivity contribution in [2.24, 2.45) is 0 Å². The molecule has 0 radical (unpaired) electrons. The van der Waals surface area contributed by atoms with Crippen LogP contribution in [0.2, 0.25) is 0 Å². The van der Waals surface area contributed by atoms with E-state index in [2.05, 4.69) is 0 Å². The lowest BCUT2D eigenvalue weighted by Crippen LogP contribution is -2.33. The molecular formula is C25H26N2O5. The number of carbonyl (C=O) groups is 2. The van der Waals surface area contributed by atoms with Crippen LogP contribution in [0.5, 0.6) is 5.75 Å². The molecule has 166 valence electrons. The first kappa shape index (κ1) is 21.6. The van der Waals surface area contributed by atoms with Gasteiger partial charge in [-0.25, -0.2) is 0 Å². The van der Waals surface area contributed by atoms with Crippen LogP contribution in [-0.4, -0.2) is 60.9 Å². The van der Waals surface area contributed by atoms with Gasteiger partial charge in [-0.3, -0.25) is 9.59 Å². The minimum Gasteiger partial charge on any atom is -0.503 e. The molecule has 0 unspecified atom stereocenters. The molecule has 1 amide bonds. The average Bonchev–Trinajstić information content (AvgIpc) is 3.33. The molecule has 1 N–H and O–H groups in total. The number of rotatable bonds is 8. The number of methoxy groups -OCH3 is 1. The van der Waals surface area contributed by atoms with Crippen molar-refractivity contribution in [2.75, 3.05) is 34.3 Å². The van der Waals surface area contributed by atoms with Crippen LogP contribution in [0.15, 0.2) is 70.3 Å². The van der Waals surface area contributed by atoms with Crippen molar-refractivity contribution in [3.8, 4) is 5.75 Å². The fraction of sp³-hybridized carbons (Fsp3) is 0.280. The molecule has 3 aromatic rings. The van der Waals surface area contributed by atoms with Crippen molar-refractivity contribution in [1.82, 2.24) is 9.80 Å². The van der Waals surface area contributed by atoms with E-state index in [1.165, 1.54) is 0 Å². The maximum absolute atomic E-state index is 13.5. The van der Waals surface area contributed by atoms with Gasteiger partial charge in [0, 0.05) is 11.9 Å². The number of nitrogens with zero attached hydrogens (tertiary/aromatic N) is 2. The van der Waals surface area contributed by atoms with Crippen LogP contribution in [0.1, 0.15) is 28.6 Å². The number of ether oxygens (including phenoxy) is 1. The lowest BCUT2D eigenvalue weighted by Gasteiger charge is -2.27. The second-order valence-corrected chi connectivity index (χ2v) is 8.07. The van der Waals surface area contributed by atoms with E-state index < -0.39 is 23.5 Å². The van der Waals surface area contributed by atoms with Gasteiger partial charge in [-0.05, 0) is 56.9 Å². The van der Waals surface area contributed by atoms with E-state index >= 15 is 0 Å². The molecule has 1 aliphatic heterocycles. The highest BCUT2D eigenvalue weighted by molar-refractivity contribution is 6.16. The highest BCUT2D eigenvalue weighted by Crippen LogP contribution is 2.40. The van der Waals surface area contributed by atoms with Crippen molar-refractivity contribution in [1.29, 1.82) is 0 Å². The van der Waals surface area contributed by atoms with Gasteiger partial charge >= 0.3 is 0 Å². The zero-order valence-corrected chi connectivity index (χ0v) is 18.4. The number of hydrogen-bond acceptors (Lipinski definition) is 6. The largest absolute Gasteiger partial charge is 0.503 e. The van der Waals surface area contributed by atoms with E-state index in [0.29, 0.717) is 29.9 Å². The summed E-state index contributed by atoms with van der Waals surface area (Å²) in [5.41, 5.74) is 1.28. The zero-order chi connectivity index (χ0) is 22.8. The standard InChI is InChI=1S/C25H26N2O5/c1-26(2)12-7-13-27-22(17-9-6-10-18(14-17)31-3)21(24(29)25(27)30)23(28)20-15-16-8-4-5-11-19(16)32-20/h4-6,8-11,14-15,22,29H,7,12-13H2,1-3H3/t22-/m1/s1. The number of aliphatic hydroxyl groups excluding tert-OH is 1. The first-order valence-electron chi connectivity index (χ1n) is 10.5. The summed E-state index contributed by atoms with van der Waals surface area (Å²) in [4.78, 5) is 30.1. The molecule has 7 heteroatoms. The molecule has 0 fully saturated rings. The number of Topliss-reactive ketones (excluding diaryl/α,β-unsaturated/α-hetero) is 1. The summed E-state index contributed by atoms with van der Waals surface area (Å²) in [7, 11) is 5.47. The molecule has 0 saturated heterocycles. The molecule has 0 bridgehead atoms. The van der Waals surface area contributed by atoms with Gasteiger partial charge in [0.15, 0.2) is 11.5 Å². The molecule has 7 nitrogen and oxygen atoms in total. The molecule has 1 atom stereocenters. The predicted octanol–water partition coefficient (Wildman–Crippen LogP) is 3.97. The highest BCUT2D eigenvalue weighted by Gasteiger charge is 2.44. The van der Waals surface area contributed by atoms with E-state index in [-0.39, 0.29) is 11.3 Å². The third-order valence-electron chi connectivity index (χ3n) is 5.61. The molecule has 0 spiro atoms. The van der Waals surface area contributed by atoms with Crippen molar-refractivity contribution >= 4 is 22.7 Å². The Bertz CT molecular complexity index is 1160. The Hall–Kier alpha value is -3.58. The van der Waals surface area contributed by atoms with Gasteiger partial charge in [0.25, 0.3) is 5.91 Å². The van der Waals surface area contributed by atoms with Crippen LogP contribution in [0.4, 0.5) is 0 Å². The lowest BCUT2D eigenvalue weighted by atomic mass is 9.94. The maximum atomic E-state index is 13.5. The Kier molecular flexibility index (Phi) is 6.01. The first-order chi connectivity index (χ1) is 15.4. The summed E-state index contributed by atoms with van der Waals surface area (Å²) in [6.07, 6.45) is 0.693. The van der Waals surface area contributed by atoms with Crippen molar-refractivity contribution in [3.05, 3.63) is 77.3 Å². The van der Waals surface area contributed by atoms with Gasteiger partial charge in [0.1, 0.15) is 11.3 Å². The number of ketones is 1. The van der Waals surface area contributed by atoms with Crippen molar-refractivity contribution in [2.45, 2.75) is 12.5 Å². The van der Waals surface area contributed by atoms with Crippen molar-refractivity contribution < 1.29 is 23.8 Å². The molecule has 0 aliphatic carbocycles. The molecule has 4 rings (SSSR count). The third kappa shape index (κ3) is 3.99. The Morgan fingerprint density at radius 2 is 1.94 bits per heavy atom. The molecule has 2 aromatic carbocycles. The fourth-order valence-corrected chi connectivity index (χ4v) is 4.06. The lowest BCUT2D eigenvalue weighted by molar-refractivity contribution is -0.129. The minimum atomic E-state index is -0.736. The van der Waals surface area contributed by atoms with Crippen molar-refractivity contribution in [3.63, 3.8) is 0 Å². The Morgan fingerprint density at radius 3 is 2.66 bits per heavy atom. The zero-order valence-electron chi connectivity index (χ0n) is 18.4. The van der Waals surface area contributed by atoms with Crippen LogP contribution >= 0.6 is 0 Å². The van der Waals surface area contributed by atoms with Crippen LogP contribution < -0.4 is 4.74 Å². The van der Waals surface area contributed by atoms with Gasteiger partial charge in [0.2, 0.25) is 5.78 Å². The van der Waals surface area contributed by atoms with Gasteiger partial charge < -0.3 is 24.1 Å². The van der Waals surface area contributed by atoms with Crippen LogP contribution in [-0.2, 0) is 4.79 Å². The number of aliphatic hydroxyl groups is 1. The number of amides is 1. The smallest absolute Gasteiger partial charge is 0.290 e. The van der Waals surface area contributed by atoms with E-state index in [1.807, 2.05) is 43.3 Å². The Labute approximate surface area is 186 Å². The first-order valence-corrected chi connectivity index (χ1v) is 10.5. The molecule has 1 aromatic heterocycles. The van der Waals surface area contributed by atoms with Gasteiger partial charge in [-0.2, -0.15) is 0 Å². The normalized spacial score (nSPS) is 16.4. The quantitative estimate of drug-likeness (QED) is 0.540. The van der Waals surface area contributed by atoms with E-state index in [1.54, 1.807) is 42.3 Å². The second-order valence-electron chi connectivity index (χ2n) is 8.07. The van der Waals surface area contributed by atoms with E-state index in [9.17, 15) is 14.7 Å². The van der Waals surface area contributed by atoms with Crippen LogP contribution in [0.25, 0.3) is 11.0 Å². The summed E-state index contributed by atoms with van der Waals surface area (Å²) in [6.45, 7) is 1.15. The highest BCUT2D eigenvalue weighted by atomic mass is 16.5. The SMILES string of the molecule is COc1cccc([C@@H]2C(C(=O)c3cc4ccccc4o3)=C(O)C(=O)N2CCCN(C)C)c1. The van der Waals surface area contributed by atoms with Crippen LogP contribution in [0.3, 0.4) is 0 Å². The molecule has 0 saturated carbocycles. The number of hydrogen-bond donors (Lipinski definition) is 1. The van der Waals surface area contributed by atoms with E-state index in [4.69, 9.17) is 9.15 Å². The predicted molar refractivity (Wildman–Crippen MR) is 121 cm³/mol. The summed E-state index contributed by atoms with van der Waals surface area (Å²) in [6, 6.07) is 15.4. The second kappa shape index (κ2) is 8.88. The average molecular weight is 434 g/mol. The monoisotopic (exact) mass is 434 g/mol. The van der Waals surface area contributed by atoms with Gasteiger partial charge in [-0.1, -0.05) is 30.3 Å². The molecule has 1 aliphatic rings. The minimum absolute atomic E-state index is 0.0205. The number of carbonyl (C=O) groups excluding carboxylic acids is 2. The summed E-state index contributed by atoms with van der Waals surface area (Å²) >= 11 is 0. The number of furan rings is 1. The number of benzene rings is 2.